The van der Waals surface area contributed by atoms with Crippen LogP contribution in [-0.2, 0) is 0 Å². The maximum atomic E-state index is 12.4. The third kappa shape index (κ3) is 4.33. The summed E-state index contributed by atoms with van der Waals surface area (Å²) < 4.78 is 17.4. The summed E-state index contributed by atoms with van der Waals surface area (Å²) in [5.74, 6) is -0.435. The molecule has 24 heavy (non-hydrogen) atoms. The van der Waals surface area contributed by atoms with E-state index in [0.717, 1.165) is 6.07 Å². The number of nitrogens with zero attached hydrogens (tertiary/aromatic N) is 1. The van der Waals surface area contributed by atoms with Gasteiger partial charge in [-0.1, -0.05) is 23.2 Å². The standard InChI is InChI=1S/C15H11Cl2FN2O4/c16-9-1-4-14(24-6-5-18)11(7-9)15(21)19-13-3-2-10(20(22)23)8-12(13)17/h1-4,7-8H,5-6H2,(H,19,21). The van der Waals surface area contributed by atoms with Crippen molar-refractivity contribution in [3.05, 3.63) is 62.1 Å². The molecule has 2 aromatic carbocycles. The smallest absolute Gasteiger partial charge is 0.271 e. The zero-order valence-corrected chi connectivity index (χ0v) is 13.6. The molecular weight excluding hydrogens is 362 g/mol. The van der Waals surface area contributed by atoms with Crippen LogP contribution in [0.25, 0.3) is 0 Å². The highest BCUT2D eigenvalue weighted by atomic mass is 35.5. The van der Waals surface area contributed by atoms with Gasteiger partial charge in [-0.25, -0.2) is 4.39 Å². The number of alkyl halides is 1. The second kappa shape index (κ2) is 7.94. The van der Waals surface area contributed by atoms with E-state index in [0.29, 0.717) is 5.02 Å². The van der Waals surface area contributed by atoms with E-state index < -0.39 is 17.5 Å². The fourth-order valence-electron chi connectivity index (χ4n) is 1.86. The number of carbonyl (C=O) groups excluding carboxylic acids is 1. The lowest BCUT2D eigenvalue weighted by molar-refractivity contribution is -0.384. The highest BCUT2D eigenvalue weighted by molar-refractivity contribution is 6.34. The molecule has 0 spiro atoms. The topological polar surface area (TPSA) is 81.5 Å². The maximum absolute atomic E-state index is 12.4. The Balaban J connectivity index is 2.26. The summed E-state index contributed by atoms with van der Waals surface area (Å²) in [7, 11) is 0. The zero-order valence-electron chi connectivity index (χ0n) is 12.1. The van der Waals surface area contributed by atoms with Gasteiger partial charge in [0.05, 0.1) is 21.2 Å². The van der Waals surface area contributed by atoms with Crippen molar-refractivity contribution >= 4 is 40.5 Å². The number of halogens is 3. The minimum Gasteiger partial charge on any atom is -0.490 e. The van der Waals surface area contributed by atoms with E-state index in [2.05, 4.69) is 5.32 Å². The minimum absolute atomic E-state index is 0.00537. The van der Waals surface area contributed by atoms with Crippen molar-refractivity contribution < 1.29 is 18.8 Å². The SMILES string of the molecule is O=C(Nc1ccc([N+](=O)[O-])cc1Cl)c1cc(Cl)ccc1OCCF. The van der Waals surface area contributed by atoms with E-state index in [1.807, 2.05) is 0 Å². The summed E-state index contributed by atoms with van der Waals surface area (Å²) in [6, 6.07) is 7.96. The molecule has 6 nitrogen and oxygen atoms in total. The van der Waals surface area contributed by atoms with E-state index in [4.69, 9.17) is 27.9 Å². The Bertz CT molecular complexity index is 786. The molecule has 126 valence electrons. The van der Waals surface area contributed by atoms with E-state index in [9.17, 15) is 19.3 Å². The van der Waals surface area contributed by atoms with Crippen molar-refractivity contribution in [1.29, 1.82) is 0 Å². The summed E-state index contributed by atoms with van der Waals surface area (Å²) in [5, 5.41) is 13.5. The molecule has 0 aliphatic rings. The monoisotopic (exact) mass is 372 g/mol. The van der Waals surface area contributed by atoms with E-state index >= 15 is 0 Å². The number of nitro groups is 1. The van der Waals surface area contributed by atoms with Gasteiger partial charge >= 0.3 is 0 Å². The summed E-state index contributed by atoms with van der Waals surface area (Å²) in [4.78, 5) is 22.5. The molecule has 0 heterocycles. The third-order valence-corrected chi connectivity index (χ3v) is 3.48. The summed E-state index contributed by atoms with van der Waals surface area (Å²) >= 11 is 11.8. The molecule has 2 aromatic rings. The van der Waals surface area contributed by atoms with E-state index in [-0.39, 0.29) is 34.3 Å². The summed E-state index contributed by atoms with van der Waals surface area (Å²) in [6.45, 7) is -0.919. The van der Waals surface area contributed by atoms with Crippen LogP contribution in [0, 0.1) is 10.1 Å². The molecular formula is C15H11Cl2FN2O4. The van der Waals surface area contributed by atoms with Crippen molar-refractivity contribution in [3.8, 4) is 5.75 Å². The second-order valence-corrected chi connectivity index (χ2v) is 5.40. The first kappa shape index (κ1) is 18.0. The number of hydrogen-bond donors (Lipinski definition) is 1. The van der Waals surface area contributed by atoms with Gasteiger partial charge in [0.1, 0.15) is 19.0 Å². The van der Waals surface area contributed by atoms with Gasteiger partial charge < -0.3 is 10.1 Å². The summed E-state index contributed by atoms with van der Waals surface area (Å²) in [6.07, 6.45) is 0. The number of benzene rings is 2. The Hall–Kier alpha value is -2.38. The fraction of sp³-hybridized carbons (Fsp3) is 0.133. The number of rotatable bonds is 6. The van der Waals surface area contributed by atoms with Crippen LogP contribution in [0.1, 0.15) is 10.4 Å². The number of anilines is 1. The Morgan fingerprint density at radius 3 is 2.62 bits per heavy atom. The molecule has 0 fully saturated rings. The Kier molecular flexibility index (Phi) is 5.94. The Morgan fingerprint density at radius 2 is 2.00 bits per heavy atom. The van der Waals surface area contributed by atoms with Gasteiger partial charge in [0, 0.05) is 17.2 Å². The van der Waals surface area contributed by atoms with Gasteiger partial charge in [0.25, 0.3) is 11.6 Å². The Labute approximate surface area is 146 Å². The molecule has 0 bridgehead atoms. The molecule has 1 amide bonds. The van der Waals surface area contributed by atoms with Crippen LogP contribution in [0.2, 0.25) is 10.0 Å². The van der Waals surface area contributed by atoms with Crippen LogP contribution in [-0.4, -0.2) is 24.1 Å². The lowest BCUT2D eigenvalue weighted by Crippen LogP contribution is -2.14. The molecule has 1 N–H and O–H groups in total. The predicted molar refractivity (Wildman–Crippen MR) is 89.0 cm³/mol. The van der Waals surface area contributed by atoms with Crippen LogP contribution in [0.5, 0.6) is 5.75 Å². The largest absolute Gasteiger partial charge is 0.490 e. The number of carbonyl (C=O) groups is 1. The van der Waals surface area contributed by atoms with Crippen LogP contribution >= 0.6 is 23.2 Å². The first-order chi connectivity index (χ1) is 11.4. The summed E-state index contributed by atoms with van der Waals surface area (Å²) in [5.41, 5.74) is 0.0711. The second-order valence-electron chi connectivity index (χ2n) is 4.55. The normalized spacial score (nSPS) is 10.3. The minimum atomic E-state index is -0.710. The molecule has 0 aliphatic heterocycles. The number of nitrogens with one attached hydrogen (secondary N) is 1. The van der Waals surface area contributed by atoms with Crippen LogP contribution in [0.3, 0.4) is 0 Å². The molecule has 0 unspecified atom stereocenters. The quantitative estimate of drug-likeness (QED) is 0.597. The lowest BCUT2D eigenvalue weighted by atomic mass is 10.1. The Morgan fingerprint density at radius 1 is 1.25 bits per heavy atom. The molecule has 0 saturated heterocycles. The van der Waals surface area contributed by atoms with Gasteiger partial charge in [-0.05, 0) is 24.3 Å². The van der Waals surface area contributed by atoms with Crippen LogP contribution < -0.4 is 10.1 Å². The molecule has 0 radical (unpaired) electrons. The molecule has 9 heteroatoms. The first-order valence-electron chi connectivity index (χ1n) is 6.66. The number of ether oxygens (including phenoxy) is 1. The van der Waals surface area contributed by atoms with Gasteiger partial charge in [0.2, 0.25) is 0 Å². The van der Waals surface area contributed by atoms with Crippen LogP contribution in [0.4, 0.5) is 15.8 Å². The van der Waals surface area contributed by atoms with Gasteiger partial charge in [0.15, 0.2) is 0 Å². The fourth-order valence-corrected chi connectivity index (χ4v) is 2.26. The van der Waals surface area contributed by atoms with E-state index in [1.54, 1.807) is 0 Å². The van der Waals surface area contributed by atoms with Gasteiger partial charge in [-0.3, -0.25) is 14.9 Å². The third-order valence-electron chi connectivity index (χ3n) is 2.93. The van der Waals surface area contributed by atoms with Crippen molar-refractivity contribution in [1.82, 2.24) is 0 Å². The van der Waals surface area contributed by atoms with Crippen molar-refractivity contribution in [2.75, 3.05) is 18.6 Å². The first-order valence-corrected chi connectivity index (χ1v) is 7.41. The highest BCUT2D eigenvalue weighted by Gasteiger charge is 2.16. The predicted octanol–water partition coefficient (Wildman–Crippen LogP) is 4.50. The lowest BCUT2D eigenvalue weighted by Gasteiger charge is -2.12. The molecule has 0 saturated carbocycles. The zero-order chi connectivity index (χ0) is 17.7. The van der Waals surface area contributed by atoms with E-state index in [1.165, 1.54) is 30.3 Å². The molecule has 0 atom stereocenters. The van der Waals surface area contributed by atoms with Gasteiger partial charge in [-0.2, -0.15) is 0 Å². The van der Waals surface area contributed by atoms with Gasteiger partial charge in [-0.15, -0.1) is 0 Å². The number of amides is 1. The van der Waals surface area contributed by atoms with Crippen LogP contribution in [0.15, 0.2) is 36.4 Å². The average molecular weight is 373 g/mol. The average Bonchev–Trinajstić information content (AvgIpc) is 2.55. The molecule has 0 aliphatic carbocycles. The maximum Gasteiger partial charge on any atom is 0.271 e. The number of non-ortho nitro benzene ring substituents is 1. The van der Waals surface area contributed by atoms with Crippen molar-refractivity contribution in [2.24, 2.45) is 0 Å². The molecule has 0 aromatic heterocycles. The van der Waals surface area contributed by atoms with Crippen molar-refractivity contribution in [3.63, 3.8) is 0 Å². The number of nitro benzene ring substituents is 1. The van der Waals surface area contributed by atoms with Crippen molar-refractivity contribution in [2.45, 2.75) is 0 Å². The molecule has 2 rings (SSSR count). The number of hydrogen-bond acceptors (Lipinski definition) is 4. The highest BCUT2D eigenvalue weighted by Crippen LogP contribution is 2.29.